The van der Waals surface area contributed by atoms with Crippen LogP contribution in [0, 0.1) is 0 Å². The maximum absolute atomic E-state index is 11.8. The minimum absolute atomic E-state index is 0.0156. The van der Waals surface area contributed by atoms with Gasteiger partial charge in [-0.15, -0.1) is 0 Å². The van der Waals surface area contributed by atoms with E-state index < -0.39 is 10.8 Å². The molecule has 0 radical (unpaired) electrons. The number of hydrogen-bond donors (Lipinski definition) is 2. The Morgan fingerprint density at radius 1 is 1.30 bits per heavy atom. The molecular weight excluding hydrogens is 276 g/mol. The van der Waals surface area contributed by atoms with Crippen molar-refractivity contribution in [2.45, 2.75) is 25.3 Å². The van der Waals surface area contributed by atoms with Gasteiger partial charge in [0.1, 0.15) is 5.75 Å². The maximum atomic E-state index is 11.8. The van der Waals surface area contributed by atoms with Crippen molar-refractivity contribution in [3.8, 4) is 5.75 Å². The highest BCUT2D eigenvalue weighted by molar-refractivity contribution is 7.85. The fraction of sp³-hybridized carbons (Fsp3) is 0.500. The zero-order chi connectivity index (χ0) is 14.4. The largest absolute Gasteiger partial charge is 0.493 e. The number of nitrogen functional groups attached to an aromatic ring is 1. The molecule has 0 spiro atoms. The molecule has 5 nitrogen and oxygen atoms in total. The Morgan fingerprint density at radius 2 is 1.95 bits per heavy atom. The number of carbonyl (C=O) groups is 1. The third-order valence-corrected chi connectivity index (χ3v) is 4.61. The molecule has 1 aliphatic rings. The van der Waals surface area contributed by atoms with E-state index in [4.69, 9.17) is 10.5 Å². The second kappa shape index (κ2) is 7.28. The summed E-state index contributed by atoms with van der Waals surface area (Å²) in [6.45, 7) is 0.342. The predicted molar refractivity (Wildman–Crippen MR) is 80.0 cm³/mol. The molecule has 1 amide bonds. The molecule has 1 heterocycles. The van der Waals surface area contributed by atoms with Crippen LogP contribution in [0.3, 0.4) is 0 Å². The summed E-state index contributed by atoms with van der Waals surface area (Å²) < 4.78 is 16.7. The second-order valence-corrected chi connectivity index (χ2v) is 6.55. The standard InChI is InChI=1S/C14H20N2O3S/c15-11-1-3-13(4-2-11)19-8-5-14(17)16-12-6-9-20(18)10-7-12/h1-4,12H,5-10,15H2,(H,16,17). The van der Waals surface area contributed by atoms with Gasteiger partial charge in [-0.1, -0.05) is 0 Å². The van der Waals surface area contributed by atoms with Crippen LogP contribution in [0.5, 0.6) is 5.75 Å². The molecule has 2 rings (SSSR count). The maximum Gasteiger partial charge on any atom is 0.223 e. The van der Waals surface area contributed by atoms with Crippen LogP contribution in [0.1, 0.15) is 19.3 Å². The first-order valence-electron chi connectivity index (χ1n) is 6.76. The molecule has 110 valence electrons. The first-order chi connectivity index (χ1) is 9.63. The fourth-order valence-corrected chi connectivity index (χ4v) is 3.36. The monoisotopic (exact) mass is 296 g/mol. The van der Waals surface area contributed by atoms with Gasteiger partial charge in [0.15, 0.2) is 0 Å². The Kier molecular flexibility index (Phi) is 5.40. The van der Waals surface area contributed by atoms with Gasteiger partial charge in [0.2, 0.25) is 5.91 Å². The van der Waals surface area contributed by atoms with E-state index in [-0.39, 0.29) is 11.9 Å². The summed E-state index contributed by atoms with van der Waals surface area (Å²) in [5, 5.41) is 2.96. The molecule has 0 saturated carbocycles. The lowest BCUT2D eigenvalue weighted by Gasteiger charge is -2.22. The SMILES string of the molecule is Nc1ccc(OCCC(=O)NC2CCS(=O)CC2)cc1. The van der Waals surface area contributed by atoms with E-state index in [2.05, 4.69) is 5.32 Å². The van der Waals surface area contributed by atoms with E-state index >= 15 is 0 Å². The number of anilines is 1. The molecule has 1 saturated heterocycles. The third-order valence-electron chi connectivity index (χ3n) is 3.23. The number of amides is 1. The Balaban J connectivity index is 1.65. The van der Waals surface area contributed by atoms with Gasteiger partial charge in [0, 0.05) is 34.0 Å². The number of carbonyl (C=O) groups excluding carboxylic acids is 1. The number of benzene rings is 1. The molecule has 20 heavy (non-hydrogen) atoms. The Hall–Kier alpha value is -1.56. The highest BCUT2D eigenvalue weighted by Crippen LogP contribution is 2.13. The summed E-state index contributed by atoms with van der Waals surface area (Å²) in [7, 11) is -0.694. The topological polar surface area (TPSA) is 81.4 Å². The lowest BCUT2D eigenvalue weighted by atomic mass is 10.1. The molecule has 0 bridgehead atoms. The normalized spacial score (nSPS) is 22.2. The van der Waals surface area contributed by atoms with E-state index in [1.165, 1.54) is 0 Å². The number of ether oxygens (including phenoxy) is 1. The van der Waals surface area contributed by atoms with E-state index in [0.717, 1.165) is 12.8 Å². The molecule has 6 heteroatoms. The zero-order valence-electron chi connectivity index (χ0n) is 11.3. The van der Waals surface area contributed by atoms with Gasteiger partial charge in [0.25, 0.3) is 0 Å². The number of hydrogen-bond acceptors (Lipinski definition) is 4. The summed E-state index contributed by atoms with van der Waals surface area (Å²) in [6.07, 6.45) is 1.93. The average Bonchev–Trinajstić information content (AvgIpc) is 2.44. The quantitative estimate of drug-likeness (QED) is 0.796. The molecule has 0 unspecified atom stereocenters. The Morgan fingerprint density at radius 3 is 2.60 bits per heavy atom. The van der Waals surface area contributed by atoms with E-state index in [1.807, 2.05) is 0 Å². The molecule has 0 atom stereocenters. The lowest BCUT2D eigenvalue weighted by Crippen LogP contribution is -2.39. The van der Waals surface area contributed by atoms with Crippen LogP contribution in [0.4, 0.5) is 5.69 Å². The second-order valence-electron chi connectivity index (χ2n) is 4.86. The third kappa shape index (κ3) is 4.85. The van der Waals surface area contributed by atoms with Crippen molar-refractivity contribution in [3.05, 3.63) is 24.3 Å². The molecule has 1 fully saturated rings. The van der Waals surface area contributed by atoms with Crippen LogP contribution in [0.2, 0.25) is 0 Å². The lowest BCUT2D eigenvalue weighted by molar-refractivity contribution is -0.122. The van der Waals surface area contributed by atoms with Gasteiger partial charge < -0.3 is 15.8 Å². The predicted octanol–water partition coefficient (Wildman–Crippen LogP) is 1.06. The smallest absolute Gasteiger partial charge is 0.223 e. The van der Waals surface area contributed by atoms with Crippen LogP contribution in [-0.2, 0) is 15.6 Å². The summed E-state index contributed by atoms with van der Waals surface area (Å²) in [6, 6.07) is 7.25. The average molecular weight is 296 g/mol. The Labute approximate surface area is 121 Å². The molecule has 1 aromatic rings. The number of rotatable bonds is 5. The molecule has 3 N–H and O–H groups in total. The summed E-state index contributed by atoms with van der Waals surface area (Å²) in [5.41, 5.74) is 6.26. The molecule has 0 aliphatic carbocycles. The van der Waals surface area contributed by atoms with Gasteiger partial charge in [-0.05, 0) is 37.1 Å². The molecule has 1 aliphatic heterocycles. The van der Waals surface area contributed by atoms with Crippen molar-refractivity contribution in [2.24, 2.45) is 0 Å². The number of nitrogens with two attached hydrogens (primary N) is 1. The summed E-state index contributed by atoms with van der Waals surface area (Å²) in [5.74, 6) is 2.07. The zero-order valence-corrected chi connectivity index (χ0v) is 12.2. The van der Waals surface area contributed by atoms with Crippen molar-refractivity contribution in [3.63, 3.8) is 0 Å². The number of nitrogens with one attached hydrogen (secondary N) is 1. The minimum Gasteiger partial charge on any atom is -0.493 e. The van der Waals surface area contributed by atoms with Crippen LogP contribution < -0.4 is 15.8 Å². The van der Waals surface area contributed by atoms with Crippen LogP contribution >= 0.6 is 0 Å². The van der Waals surface area contributed by atoms with Crippen LogP contribution in [0.25, 0.3) is 0 Å². The van der Waals surface area contributed by atoms with Crippen molar-refractivity contribution >= 4 is 22.4 Å². The first-order valence-corrected chi connectivity index (χ1v) is 8.25. The van der Waals surface area contributed by atoms with Crippen LogP contribution in [0.15, 0.2) is 24.3 Å². The van der Waals surface area contributed by atoms with Gasteiger partial charge in [-0.2, -0.15) is 0 Å². The fourth-order valence-electron chi connectivity index (χ4n) is 2.06. The molecule has 1 aromatic carbocycles. The highest BCUT2D eigenvalue weighted by Gasteiger charge is 2.19. The van der Waals surface area contributed by atoms with Crippen molar-refractivity contribution < 1.29 is 13.7 Å². The van der Waals surface area contributed by atoms with E-state index in [9.17, 15) is 9.00 Å². The Bertz CT molecular complexity index is 466. The summed E-state index contributed by atoms with van der Waals surface area (Å²) in [4.78, 5) is 11.8. The summed E-state index contributed by atoms with van der Waals surface area (Å²) >= 11 is 0. The van der Waals surface area contributed by atoms with Crippen molar-refractivity contribution in [2.75, 3.05) is 23.8 Å². The van der Waals surface area contributed by atoms with Gasteiger partial charge in [-0.25, -0.2) is 0 Å². The highest BCUT2D eigenvalue weighted by atomic mass is 32.2. The molecular formula is C14H20N2O3S. The van der Waals surface area contributed by atoms with Crippen molar-refractivity contribution in [1.29, 1.82) is 0 Å². The van der Waals surface area contributed by atoms with Gasteiger partial charge in [-0.3, -0.25) is 9.00 Å². The van der Waals surface area contributed by atoms with Gasteiger partial charge in [0.05, 0.1) is 13.0 Å². The van der Waals surface area contributed by atoms with E-state index in [1.54, 1.807) is 24.3 Å². The van der Waals surface area contributed by atoms with Crippen LogP contribution in [-0.4, -0.2) is 34.3 Å². The van der Waals surface area contributed by atoms with Crippen molar-refractivity contribution in [1.82, 2.24) is 5.32 Å². The van der Waals surface area contributed by atoms with E-state index in [0.29, 0.717) is 36.0 Å². The molecule has 0 aromatic heterocycles. The minimum atomic E-state index is -0.694. The first kappa shape index (κ1) is 14.8. The van der Waals surface area contributed by atoms with Gasteiger partial charge >= 0.3 is 0 Å².